The van der Waals surface area contributed by atoms with Gasteiger partial charge in [-0.1, -0.05) is 36.4 Å². The van der Waals surface area contributed by atoms with E-state index in [-0.39, 0.29) is 11.9 Å². The number of methoxy groups -OCH3 is 3. The van der Waals surface area contributed by atoms with Gasteiger partial charge in [-0.05, 0) is 37.6 Å². The molecule has 0 aromatic heterocycles. The molecule has 2 aromatic rings. The Morgan fingerprint density at radius 2 is 1.72 bits per heavy atom. The van der Waals surface area contributed by atoms with Crippen molar-refractivity contribution in [2.24, 2.45) is 4.99 Å². The van der Waals surface area contributed by atoms with E-state index in [2.05, 4.69) is 6.92 Å². The molecule has 0 spiro atoms. The fourth-order valence-corrected chi connectivity index (χ4v) is 4.45. The number of rotatable bonds is 6. The van der Waals surface area contributed by atoms with Crippen molar-refractivity contribution >= 4 is 28.5 Å². The molecular formula is C22H26N2O4S. The predicted octanol–water partition coefficient (Wildman–Crippen LogP) is 4.68. The molecule has 0 bridgehead atoms. The Bertz CT molecular complexity index is 887. The van der Waals surface area contributed by atoms with E-state index < -0.39 is 0 Å². The third kappa shape index (κ3) is 4.34. The van der Waals surface area contributed by atoms with Crippen molar-refractivity contribution < 1.29 is 19.0 Å². The van der Waals surface area contributed by atoms with Gasteiger partial charge in [0.2, 0.25) is 5.75 Å². The number of carbonyl (C=O) groups is 1. The lowest BCUT2D eigenvalue weighted by molar-refractivity contribution is 0.0818. The van der Waals surface area contributed by atoms with Gasteiger partial charge < -0.3 is 14.2 Å². The first kappa shape index (κ1) is 21.0. The number of carbonyl (C=O) groups excluding carboxylic acids is 1. The molecule has 1 fully saturated rings. The average molecular weight is 415 g/mol. The summed E-state index contributed by atoms with van der Waals surface area (Å²) in [5.74, 6) is 2.05. The highest BCUT2D eigenvalue weighted by molar-refractivity contribution is 8.14. The maximum Gasteiger partial charge on any atom is 0.260 e. The van der Waals surface area contributed by atoms with Crippen molar-refractivity contribution in [2.45, 2.75) is 26.3 Å². The number of thioether (sulfide) groups is 1. The summed E-state index contributed by atoms with van der Waals surface area (Å²) in [4.78, 5) is 20.0. The summed E-state index contributed by atoms with van der Waals surface area (Å²) in [5, 5.41) is 0.708. The van der Waals surface area contributed by atoms with E-state index in [4.69, 9.17) is 19.2 Å². The normalized spacial score (nSPS) is 17.5. The number of ether oxygens (including phenoxy) is 3. The number of benzene rings is 2. The van der Waals surface area contributed by atoms with Crippen LogP contribution in [0, 0.1) is 6.92 Å². The fraction of sp³-hybridized carbons (Fsp3) is 0.364. The molecule has 1 heterocycles. The molecule has 0 radical (unpaired) electrons. The molecular weight excluding hydrogens is 388 g/mol. The molecule has 0 unspecified atom stereocenters. The van der Waals surface area contributed by atoms with Crippen LogP contribution >= 0.6 is 11.8 Å². The van der Waals surface area contributed by atoms with Crippen LogP contribution in [0.4, 0.5) is 5.69 Å². The van der Waals surface area contributed by atoms with Gasteiger partial charge in [-0.25, -0.2) is 4.99 Å². The number of aryl methyl sites for hydroxylation is 1. The smallest absolute Gasteiger partial charge is 0.260 e. The zero-order chi connectivity index (χ0) is 21.0. The first-order valence-electron chi connectivity index (χ1n) is 9.44. The Morgan fingerprint density at radius 1 is 1.10 bits per heavy atom. The third-order valence-corrected chi connectivity index (χ3v) is 5.93. The Labute approximate surface area is 175 Å². The maximum absolute atomic E-state index is 13.5. The van der Waals surface area contributed by atoms with E-state index in [0.29, 0.717) is 28.0 Å². The van der Waals surface area contributed by atoms with Crippen LogP contribution in [-0.2, 0) is 0 Å². The van der Waals surface area contributed by atoms with Crippen molar-refractivity contribution in [1.82, 2.24) is 4.90 Å². The molecule has 154 valence electrons. The maximum atomic E-state index is 13.5. The highest BCUT2D eigenvalue weighted by atomic mass is 32.2. The molecule has 3 rings (SSSR count). The lowest BCUT2D eigenvalue weighted by atomic mass is 10.1. The van der Waals surface area contributed by atoms with Crippen molar-refractivity contribution in [1.29, 1.82) is 0 Å². The van der Waals surface area contributed by atoms with Crippen molar-refractivity contribution in [2.75, 3.05) is 27.1 Å². The van der Waals surface area contributed by atoms with Crippen molar-refractivity contribution in [3.8, 4) is 17.2 Å². The molecule has 0 aliphatic carbocycles. The molecule has 2 aromatic carbocycles. The van der Waals surface area contributed by atoms with E-state index in [1.54, 1.807) is 35.9 Å². The molecule has 0 N–H and O–H groups in total. The Kier molecular flexibility index (Phi) is 6.69. The van der Waals surface area contributed by atoms with E-state index >= 15 is 0 Å². The summed E-state index contributed by atoms with van der Waals surface area (Å²) < 4.78 is 16.2. The summed E-state index contributed by atoms with van der Waals surface area (Å²) in [6.07, 6.45) is 0.843. The second-order valence-corrected chi connectivity index (χ2v) is 7.68. The first-order chi connectivity index (χ1) is 14.0. The fourth-order valence-electron chi connectivity index (χ4n) is 3.18. The summed E-state index contributed by atoms with van der Waals surface area (Å²) in [6.45, 7) is 4.12. The zero-order valence-corrected chi connectivity index (χ0v) is 18.2. The molecule has 29 heavy (non-hydrogen) atoms. The number of nitrogens with zero attached hydrogens (tertiary/aromatic N) is 2. The van der Waals surface area contributed by atoms with Gasteiger partial charge in [0.1, 0.15) is 0 Å². The number of hydrogen-bond acceptors (Lipinski definition) is 6. The minimum absolute atomic E-state index is 0.0794. The highest BCUT2D eigenvalue weighted by Gasteiger charge is 2.35. The Hall–Kier alpha value is -2.67. The molecule has 6 nitrogen and oxygen atoms in total. The molecule has 1 atom stereocenters. The van der Waals surface area contributed by atoms with Crippen LogP contribution in [0.5, 0.6) is 17.2 Å². The van der Waals surface area contributed by atoms with Gasteiger partial charge in [0.25, 0.3) is 5.91 Å². The average Bonchev–Trinajstić information content (AvgIpc) is 3.16. The third-order valence-electron chi connectivity index (χ3n) is 4.84. The van der Waals surface area contributed by atoms with Crippen LogP contribution in [0.15, 0.2) is 41.4 Å². The minimum atomic E-state index is -0.132. The number of hydrogen-bond donors (Lipinski definition) is 0. The largest absolute Gasteiger partial charge is 0.493 e. The molecule has 1 aliphatic rings. The van der Waals surface area contributed by atoms with Gasteiger partial charge >= 0.3 is 0 Å². The summed E-state index contributed by atoms with van der Waals surface area (Å²) in [7, 11) is 4.62. The van der Waals surface area contributed by atoms with Gasteiger partial charge in [-0.15, -0.1) is 0 Å². The van der Waals surface area contributed by atoms with Crippen LogP contribution in [-0.4, -0.2) is 49.1 Å². The second kappa shape index (κ2) is 9.22. The SMILES string of the molecule is CC[C@H]1CSC(=Nc2ccc(C)cc2)N1C(=O)c1cc(OC)c(OC)c(OC)c1. The number of amides is 1. The molecule has 1 amide bonds. The lowest BCUT2D eigenvalue weighted by Crippen LogP contribution is -2.39. The van der Waals surface area contributed by atoms with Gasteiger partial charge in [0, 0.05) is 17.4 Å². The number of aliphatic imine (C=N–C) groups is 1. The van der Waals surface area contributed by atoms with Gasteiger partial charge in [0.05, 0.1) is 27.0 Å². The summed E-state index contributed by atoms with van der Waals surface area (Å²) in [6, 6.07) is 11.4. The van der Waals surface area contributed by atoms with E-state index in [0.717, 1.165) is 17.9 Å². The lowest BCUT2D eigenvalue weighted by Gasteiger charge is -2.24. The van der Waals surface area contributed by atoms with Gasteiger partial charge in [0.15, 0.2) is 16.7 Å². The van der Waals surface area contributed by atoms with Crippen LogP contribution in [0.1, 0.15) is 29.3 Å². The van der Waals surface area contributed by atoms with Crippen molar-refractivity contribution in [3.63, 3.8) is 0 Å². The Balaban J connectivity index is 2.01. The van der Waals surface area contributed by atoms with Crippen LogP contribution < -0.4 is 14.2 Å². The van der Waals surface area contributed by atoms with Crippen molar-refractivity contribution in [3.05, 3.63) is 47.5 Å². The monoisotopic (exact) mass is 414 g/mol. The van der Waals surface area contributed by atoms with E-state index in [1.807, 2.05) is 31.2 Å². The molecule has 1 aliphatic heterocycles. The summed E-state index contributed by atoms with van der Waals surface area (Å²) in [5.41, 5.74) is 2.47. The van der Waals surface area contributed by atoms with Gasteiger partial charge in [-0.2, -0.15) is 0 Å². The molecule has 1 saturated heterocycles. The van der Waals surface area contributed by atoms with Crippen LogP contribution in [0.2, 0.25) is 0 Å². The highest BCUT2D eigenvalue weighted by Crippen LogP contribution is 2.39. The van der Waals surface area contributed by atoms with E-state index in [1.165, 1.54) is 19.8 Å². The van der Waals surface area contributed by atoms with Crippen LogP contribution in [0.25, 0.3) is 0 Å². The molecule has 0 saturated carbocycles. The zero-order valence-electron chi connectivity index (χ0n) is 17.4. The minimum Gasteiger partial charge on any atom is -0.493 e. The number of amidine groups is 1. The predicted molar refractivity (Wildman–Crippen MR) is 117 cm³/mol. The second-order valence-electron chi connectivity index (χ2n) is 6.69. The summed E-state index contributed by atoms with van der Waals surface area (Å²) >= 11 is 1.60. The van der Waals surface area contributed by atoms with Crippen LogP contribution in [0.3, 0.4) is 0 Å². The molecule has 7 heteroatoms. The Morgan fingerprint density at radius 3 is 2.24 bits per heavy atom. The quantitative estimate of drug-likeness (QED) is 0.687. The topological polar surface area (TPSA) is 60.4 Å². The van der Waals surface area contributed by atoms with E-state index in [9.17, 15) is 4.79 Å². The van der Waals surface area contributed by atoms with Gasteiger partial charge in [-0.3, -0.25) is 9.69 Å². The first-order valence-corrected chi connectivity index (χ1v) is 10.4. The standard InChI is InChI=1S/C22H26N2O4S/c1-6-17-13-29-22(23-16-9-7-14(2)8-10-16)24(17)21(25)15-11-18(26-3)20(28-5)19(12-15)27-4/h7-12,17H,6,13H2,1-5H3/t17-/m0/s1.